The Labute approximate surface area is 99.3 Å². The monoisotopic (exact) mass is 215 g/mol. The van der Waals surface area contributed by atoms with E-state index in [9.17, 15) is 0 Å². The van der Waals surface area contributed by atoms with Crippen LogP contribution >= 0.6 is 0 Å². The van der Waals surface area contributed by atoms with Gasteiger partial charge in [-0.25, -0.2) is 4.99 Å². The van der Waals surface area contributed by atoms with Crippen LogP contribution in [0.3, 0.4) is 0 Å². The van der Waals surface area contributed by atoms with E-state index in [0.29, 0.717) is 0 Å². The van der Waals surface area contributed by atoms with Crippen molar-refractivity contribution in [1.82, 2.24) is 0 Å². The Morgan fingerprint density at radius 1 is 1.19 bits per heavy atom. The third-order valence-corrected chi connectivity index (χ3v) is 1.79. The lowest BCUT2D eigenvalue weighted by molar-refractivity contribution is 1.23. The molecule has 0 heterocycles. The number of hydrogen-bond donors (Lipinski definition) is 0. The van der Waals surface area contributed by atoms with Crippen LogP contribution in [0.4, 0.5) is 0 Å². The van der Waals surface area contributed by atoms with Gasteiger partial charge < -0.3 is 0 Å². The van der Waals surface area contributed by atoms with E-state index < -0.39 is 0 Å². The molecule has 0 bridgehead atoms. The van der Waals surface area contributed by atoms with Crippen molar-refractivity contribution in [2.24, 2.45) is 4.99 Å². The highest BCUT2D eigenvalue weighted by Crippen LogP contribution is 2.02. The van der Waals surface area contributed by atoms with Crippen LogP contribution in [0.5, 0.6) is 0 Å². The lowest BCUT2D eigenvalue weighted by atomic mass is 10.2. The molecule has 0 atom stereocenters. The summed E-state index contributed by atoms with van der Waals surface area (Å²) in [6.45, 7) is 9.82. The molecule has 0 saturated carbocycles. The summed E-state index contributed by atoms with van der Waals surface area (Å²) in [5, 5.41) is 0. The van der Waals surface area contributed by atoms with E-state index in [1.807, 2.05) is 50.3 Å². The number of hydrogen-bond acceptors (Lipinski definition) is 1. The Morgan fingerprint density at radius 2 is 1.94 bits per heavy atom. The molecular weight excluding hydrogens is 194 g/mol. The largest absolute Gasteiger partial charge is 0.249 e. The van der Waals surface area contributed by atoms with Crippen LogP contribution in [-0.4, -0.2) is 5.71 Å². The van der Waals surface area contributed by atoms with Gasteiger partial charge in [-0.1, -0.05) is 37.8 Å². The lowest BCUT2D eigenvalue weighted by Gasteiger charge is -1.95. The third kappa shape index (κ3) is 6.77. The second-order valence-electron chi connectivity index (χ2n) is 3.17. The highest BCUT2D eigenvalue weighted by atomic mass is 14.7. The summed E-state index contributed by atoms with van der Waals surface area (Å²) in [7, 11) is 0. The summed E-state index contributed by atoms with van der Waals surface area (Å²) in [6, 6.07) is 0. The maximum absolute atomic E-state index is 4.49. The standard InChI is InChI=1S/C15H21N/c1-5-9-12-14(8-4)16-15(11-7-3)13-10-6-2/h6-13H,4-5H2,1-3H3/b10-6?,11-7+,12-9-,15-13+,16-14-. The number of nitrogens with zero attached hydrogens (tertiary/aromatic N) is 1. The lowest BCUT2D eigenvalue weighted by Crippen LogP contribution is -1.87. The average Bonchev–Trinajstić information content (AvgIpc) is 2.31. The molecule has 0 fully saturated rings. The first-order chi connectivity index (χ1) is 7.78. The summed E-state index contributed by atoms with van der Waals surface area (Å²) >= 11 is 0. The number of allylic oxidation sites excluding steroid dienone is 8. The van der Waals surface area contributed by atoms with Crippen LogP contribution in [0.25, 0.3) is 0 Å². The van der Waals surface area contributed by atoms with Crippen LogP contribution in [0.15, 0.2) is 65.9 Å². The van der Waals surface area contributed by atoms with Gasteiger partial charge in [0.25, 0.3) is 0 Å². The summed E-state index contributed by atoms with van der Waals surface area (Å²) in [5.41, 5.74) is 1.81. The van der Waals surface area contributed by atoms with Gasteiger partial charge in [0.15, 0.2) is 0 Å². The van der Waals surface area contributed by atoms with E-state index in [4.69, 9.17) is 0 Å². The number of aliphatic imine (C=N–C) groups is 1. The Balaban J connectivity index is 4.99. The molecule has 0 N–H and O–H groups in total. The second-order valence-corrected chi connectivity index (χ2v) is 3.17. The van der Waals surface area contributed by atoms with Crippen LogP contribution in [-0.2, 0) is 0 Å². The maximum atomic E-state index is 4.49. The SMILES string of the molecule is C=CC(/C=C\CC)=N/C(/C=C/C)=C/C=CC. The van der Waals surface area contributed by atoms with E-state index in [-0.39, 0.29) is 0 Å². The predicted molar refractivity (Wildman–Crippen MR) is 74.8 cm³/mol. The van der Waals surface area contributed by atoms with E-state index in [2.05, 4.69) is 24.6 Å². The van der Waals surface area contributed by atoms with Crippen LogP contribution < -0.4 is 0 Å². The molecule has 0 aliphatic heterocycles. The first-order valence-corrected chi connectivity index (χ1v) is 5.61. The van der Waals surface area contributed by atoms with Gasteiger partial charge in [0.2, 0.25) is 0 Å². The Hall–Kier alpha value is -1.63. The zero-order valence-corrected chi connectivity index (χ0v) is 10.5. The zero-order valence-electron chi connectivity index (χ0n) is 10.5. The summed E-state index contributed by atoms with van der Waals surface area (Å²) in [4.78, 5) is 4.49. The predicted octanol–water partition coefficient (Wildman–Crippen LogP) is 4.62. The number of rotatable bonds is 6. The van der Waals surface area contributed by atoms with Gasteiger partial charge >= 0.3 is 0 Å². The fourth-order valence-corrected chi connectivity index (χ4v) is 1.03. The quantitative estimate of drug-likeness (QED) is 0.453. The van der Waals surface area contributed by atoms with E-state index in [1.54, 1.807) is 6.08 Å². The van der Waals surface area contributed by atoms with Gasteiger partial charge in [-0.05, 0) is 44.6 Å². The zero-order chi connectivity index (χ0) is 12.2. The molecule has 1 heteroatoms. The second kappa shape index (κ2) is 9.91. The normalized spacial score (nSPS) is 14.4. The van der Waals surface area contributed by atoms with Crippen LogP contribution in [0.2, 0.25) is 0 Å². The van der Waals surface area contributed by atoms with Gasteiger partial charge in [-0.3, -0.25) is 0 Å². The Morgan fingerprint density at radius 3 is 2.44 bits per heavy atom. The summed E-state index contributed by atoms with van der Waals surface area (Å²) < 4.78 is 0. The van der Waals surface area contributed by atoms with Crippen molar-refractivity contribution in [3.8, 4) is 0 Å². The van der Waals surface area contributed by atoms with Crippen molar-refractivity contribution < 1.29 is 0 Å². The van der Waals surface area contributed by atoms with Gasteiger partial charge in [0.1, 0.15) is 0 Å². The van der Waals surface area contributed by atoms with Gasteiger partial charge in [0, 0.05) is 0 Å². The molecule has 0 rings (SSSR count). The average molecular weight is 215 g/mol. The molecule has 0 aromatic carbocycles. The third-order valence-electron chi connectivity index (χ3n) is 1.79. The topological polar surface area (TPSA) is 12.4 Å². The maximum Gasteiger partial charge on any atom is 0.0633 e. The first-order valence-electron chi connectivity index (χ1n) is 5.61. The molecule has 0 aliphatic rings. The van der Waals surface area contributed by atoms with Gasteiger partial charge in [0.05, 0.1) is 11.4 Å². The van der Waals surface area contributed by atoms with Gasteiger partial charge in [-0.2, -0.15) is 0 Å². The first kappa shape index (κ1) is 14.4. The molecule has 16 heavy (non-hydrogen) atoms. The molecule has 0 amide bonds. The summed E-state index contributed by atoms with van der Waals surface area (Å²) in [5.74, 6) is 0. The minimum Gasteiger partial charge on any atom is -0.249 e. The van der Waals surface area contributed by atoms with Crippen LogP contribution in [0.1, 0.15) is 27.2 Å². The molecule has 0 radical (unpaired) electrons. The molecule has 0 unspecified atom stereocenters. The minimum atomic E-state index is 0.885. The van der Waals surface area contributed by atoms with E-state index in [0.717, 1.165) is 17.8 Å². The van der Waals surface area contributed by atoms with Crippen molar-refractivity contribution in [3.05, 3.63) is 60.9 Å². The smallest absolute Gasteiger partial charge is 0.0633 e. The highest BCUT2D eigenvalue weighted by molar-refractivity contribution is 6.04. The molecule has 0 saturated heterocycles. The van der Waals surface area contributed by atoms with Crippen molar-refractivity contribution in [1.29, 1.82) is 0 Å². The molecule has 0 aromatic heterocycles. The van der Waals surface area contributed by atoms with Crippen molar-refractivity contribution >= 4 is 5.71 Å². The van der Waals surface area contributed by atoms with Crippen molar-refractivity contribution in [2.75, 3.05) is 0 Å². The molecule has 0 aliphatic carbocycles. The minimum absolute atomic E-state index is 0.885. The van der Waals surface area contributed by atoms with E-state index >= 15 is 0 Å². The molecule has 1 nitrogen and oxygen atoms in total. The van der Waals surface area contributed by atoms with Crippen LogP contribution in [0, 0.1) is 0 Å². The fourth-order valence-electron chi connectivity index (χ4n) is 1.03. The molecular formula is C15H21N. The molecule has 86 valence electrons. The summed E-state index contributed by atoms with van der Waals surface area (Å²) in [6.07, 6.45) is 16.7. The van der Waals surface area contributed by atoms with Crippen molar-refractivity contribution in [2.45, 2.75) is 27.2 Å². The highest BCUT2D eigenvalue weighted by Gasteiger charge is 1.89. The molecule has 0 aromatic rings. The molecule has 0 spiro atoms. The Kier molecular flexibility index (Phi) is 8.90. The van der Waals surface area contributed by atoms with E-state index in [1.165, 1.54) is 0 Å². The van der Waals surface area contributed by atoms with Gasteiger partial charge in [-0.15, -0.1) is 0 Å². The van der Waals surface area contributed by atoms with Crippen molar-refractivity contribution in [3.63, 3.8) is 0 Å². The Bertz CT molecular complexity index is 338. The fraction of sp³-hybridized carbons (Fsp3) is 0.267.